The Balaban J connectivity index is 6.56. The largest absolute Gasteiger partial charge is 0.435 e. The van der Waals surface area contributed by atoms with Gasteiger partial charge >= 0.3 is 8.56 Å². The monoisotopic (exact) mass is 458 g/mol. The molecule has 0 aliphatic rings. The van der Waals surface area contributed by atoms with Crippen molar-refractivity contribution in [3.8, 4) is 0 Å². The van der Waals surface area contributed by atoms with Crippen molar-refractivity contribution in [2.75, 3.05) is 26.4 Å². The van der Waals surface area contributed by atoms with Crippen LogP contribution in [0.25, 0.3) is 0 Å². The molecule has 0 fully saturated rings. The SMILES string of the molecule is CCCC(O)(C(CO)OCCO)C(O)(CO)[Si](C)(O[Si](C)(C)C)O[Si](C)(C)C. The summed E-state index contributed by atoms with van der Waals surface area (Å²) >= 11 is 0. The lowest BCUT2D eigenvalue weighted by Gasteiger charge is -2.55. The third-order valence-corrected chi connectivity index (χ3v) is 14.5. The Labute approximate surface area is 173 Å². The minimum atomic E-state index is -3.64. The van der Waals surface area contributed by atoms with Crippen LogP contribution in [0.1, 0.15) is 19.8 Å². The molecule has 0 spiro atoms. The van der Waals surface area contributed by atoms with Crippen LogP contribution in [0.15, 0.2) is 0 Å². The molecule has 0 aromatic rings. The molecule has 170 valence electrons. The van der Waals surface area contributed by atoms with E-state index >= 15 is 0 Å². The summed E-state index contributed by atoms with van der Waals surface area (Å²) < 4.78 is 18.2. The van der Waals surface area contributed by atoms with Crippen molar-refractivity contribution in [2.45, 2.75) is 82.5 Å². The van der Waals surface area contributed by atoms with Gasteiger partial charge in [-0.15, -0.1) is 0 Å². The van der Waals surface area contributed by atoms with Crippen LogP contribution >= 0.6 is 0 Å². The summed E-state index contributed by atoms with van der Waals surface area (Å²) in [5.74, 6) is 0. The molecule has 0 aliphatic carbocycles. The lowest BCUT2D eigenvalue weighted by molar-refractivity contribution is -0.218. The van der Waals surface area contributed by atoms with E-state index in [-0.39, 0.29) is 19.6 Å². The highest BCUT2D eigenvalue weighted by molar-refractivity contribution is 6.89. The van der Waals surface area contributed by atoms with Crippen molar-refractivity contribution in [3.63, 3.8) is 0 Å². The number of ether oxygens (including phenoxy) is 1. The quantitative estimate of drug-likeness (QED) is 0.243. The van der Waals surface area contributed by atoms with Crippen LogP contribution in [0.5, 0.6) is 0 Å². The minimum absolute atomic E-state index is 0.0490. The Hall–Kier alpha value is 0.331. The second-order valence-electron chi connectivity index (χ2n) is 9.33. The van der Waals surface area contributed by atoms with E-state index in [1.54, 1.807) is 6.55 Å². The average molecular weight is 459 g/mol. The predicted octanol–water partition coefficient (Wildman–Crippen LogP) is 0.925. The second-order valence-corrected chi connectivity index (χ2v) is 22.1. The fourth-order valence-electron chi connectivity index (χ4n) is 3.58. The molecular weight excluding hydrogens is 416 g/mol. The van der Waals surface area contributed by atoms with Gasteiger partial charge in [0.2, 0.25) is 0 Å². The first-order valence-corrected chi connectivity index (χ1v) is 19.0. The van der Waals surface area contributed by atoms with E-state index in [4.69, 9.17) is 18.1 Å². The summed E-state index contributed by atoms with van der Waals surface area (Å²) in [6, 6.07) is 0. The highest BCUT2D eigenvalue weighted by Gasteiger charge is 2.68. The Kier molecular flexibility index (Phi) is 10.7. The van der Waals surface area contributed by atoms with E-state index in [1.807, 2.05) is 46.2 Å². The van der Waals surface area contributed by atoms with E-state index in [1.165, 1.54) is 0 Å². The molecule has 0 saturated carbocycles. The maximum Gasteiger partial charge on any atom is 0.352 e. The van der Waals surface area contributed by atoms with Crippen LogP contribution in [-0.4, -0.2) is 94.1 Å². The van der Waals surface area contributed by atoms with Crippen LogP contribution < -0.4 is 0 Å². The van der Waals surface area contributed by atoms with E-state index in [0.29, 0.717) is 6.42 Å². The molecule has 0 amide bonds. The fraction of sp³-hybridized carbons (Fsp3) is 1.00. The maximum atomic E-state index is 11.8. The van der Waals surface area contributed by atoms with Crippen LogP contribution in [0.2, 0.25) is 45.8 Å². The molecule has 0 aliphatic heterocycles. The molecule has 0 rings (SSSR count). The van der Waals surface area contributed by atoms with Crippen molar-refractivity contribution in [1.29, 1.82) is 0 Å². The van der Waals surface area contributed by atoms with Crippen LogP contribution in [-0.2, 0) is 13.0 Å². The first kappa shape index (κ1) is 28.3. The Morgan fingerprint density at radius 2 is 1.32 bits per heavy atom. The molecule has 0 aromatic carbocycles. The van der Waals surface area contributed by atoms with Crippen molar-refractivity contribution in [3.05, 3.63) is 0 Å². The topological polar surface area (TPSA) is 129 Å². The Morgan fingerprint density at radius 3 is 1.61 bits per heavy atom. The highest BCUT2D eigenvalue weighted by atomic mass is 28.5. The van der Waals surface area contributed by atoms with Crippen LogP contribution in [0.3, 0.4) is 0 Å². The molecule has 28 heavy (non-hydrogen) atoms. The second kappa shape index (κ2) is 10.6. The first-order valence-electron chi connectivity index (χ1n) is 9.85. The smallest absolute Gasteiger partial charge is 0.352 e. The Morgan fingerprint density at radius 1 is 0.857 bits per heavy atom. The molecule has 0 heterocycles. The number of aliphatic hydroxyl groups excluding tert-OH is 3. The zero-order valence-corrected chi connectivity index (χ0v) is 21.8. The van der Waals surface area contributed by atoms with E-state index in [0.717, 1.165) is 0 Å². The lowest BCUT2D eigenvalue weighted by atomic mass is 9.85. The van der Waals surface area contributed by atoms with Crippen molar-refractivity contribution in [2.24, 2.45) is 0 Å². The van der Waals surface area contributed by atoms with Crippen molar-refractivity contribution < 1.29 is 38.5 Å². The molecular formula is C17H42O8Si3. The van der Waals surface area contributed by atoms with Gasteiger partial charge < -0.3 is 38.5 Å². The number of hydrogen-bond donors (Lipinski definition) is 5. The average Bonchev–Trinajstić information content (AvgIpc) is 2.51. The van der Waals surface area contributed by atoms with Gasteiger partial charge in [-0.05, 0) is 52.2 Å². The zero-order valence-electron chi connectivity index (χ0n) is 18.8. The normalized spacial score (nSPS) is 19.2. The highest BCUT2D eigenvalue weighted by Crippen LogP contribution is 2.42. The summed E-state index contributed by atoms with van der Waals surface area (Å²) in [6.07, 6.45) is -0.714. The molecule has 0 aromatic heterocycles. The van der Waals surface area contributed by atoms with Gasteiger partial charge in [0.25, 0.3) is 0 Å². The van der Waals surface area contributed by atoms with Gasteiger partial charge in [0, 0.05) is 0 Å². The van der Waals surface area contributed by atoms with Crippen LogP contribution in [0, 0.1) is 0 Å². The van der Waals surface area contributed by atoms with Gasteiger partial charge in [0.05, 0.1) is 26.4 Å². The first-order chi connectivity index (χ1) is 12.6. The molecule has 3 unspecified atom stereocenters. The fourth-order valence-corrected chi connectivity index (χ4v) is 16.2. The maximum absolute atomic E-state index is 11.8. The number of aliphatic hydroxyl groups is 5. The van der Waals surface area contributed by atoms with Gasteiger partial charge in [0.15, 0.2) is 21.9 Å². The van der Waals surface area contributed by atoms with Crippen molar-refractivity contribution >= 4 is 25.2 Å². The molecule has 8 nitrogen and oxygen atoms in total. The molecule has 0 radical (unpaired) electrons. The molecule has 0 saturated heterocycles. The summed E-state index contributed by atoms with van der Waals surface area (Å²) in [4.78, 5) is 0. The Bertz CT molecular complexity index is 452. The number of hydrogen-bond acceptors (Lipinski definition) is 8. The third-order valence-electron chi connectivity index (χ3n) is 4.44. The van der Waals surface area contributed by atoms with E-state index < -0.39 is 55.3 Å². The summed E-state index contributed by atoms with van der Waals surface area (Å²) in [5.41, 5.74) is -2.03. The minimum Gasteiger partial charge on any atom is -0.435 e. The predicted molar refractivity (Wildman–Crippen MR) is 116 cm³/mol. The molecule has 11 heteroatoms. The van der Waals surface area contributed by atoms with Gasteiger partial charge in [-0.2, -0.15) is 0 Å². The van der Waals surface area contributed by atoms with Gasteiger partial charge in [-0.1, -0.05) is 13.3 Å². The zero-order chi connectivity index (χ0) is 22.4. The summed E-state index contributed by atoms with van der Waals surface area (Å²) in [6.45, 7) is 13.4. The third kappa shape index (κ3) is 6.94. The van der Waals surface area contributed by atoms with Gasteiger partial charge in [0.1, 0.15) is 11.7 Å². The molecule has 5 N–H and O–H groups in total. The van der Waals surface area contributed by atoms with E-state index in [9.17, 15) is 20.4 Å². The standard InChI is InChI=1S/C17H42O8Si3/c1-9-10-16(21,15(13-19)23-12-11-18)17(22,14-20)28(8,24-26(2,3)4)25-27(5,6)7/h15,18-22H,9-14H2,1-8H3. The number of rotatable bonds is 14. The molecule has 0 bridgehead atoms. The lowest BCUT2D eigenvalue weighted by Crippen LogP contribution is -2.80. The van der Waals surface area contributed by atoms with Gasteiger partial charge in [-0.25, -0.2) is 0 Å². The van der Waals surface area contributed by atoms with E-state index in [2.05, 4.69) is 0 Å². The summed E-state index contributed by atoms with van der Waals surface area (Å²) in [7, 11) is -8.15. The molecule has 3 atom stereocenters. The summed E-state index contributed by atoms with van der Waals surface area (Å²) in [5, 5.41) is 50.7. The van der Waals surface area contributed by atoms with Crippen LogP contribution in [0.4, 0.5) is 0 Å². The van der Waals surface area contributed by atoms with Crippen molar-refractivity contribution in [1.82, 2.24) is 0 Å². The van der Waals surface area contributed by atoms with Gasteiger partial charge in [-0.3, -0.25) is 0 Å².